The fraction of sp³-hybridized carbons (Fsp3) is 0.500. The van der Waals surface area contributed by atoms with Crippen molar-refractivity contribution in [3.8, 4) is 0 Å². The first-order chi connectivity index (χ1) is 7.15. The van der Waals surface area contributed by atoms with Crippen LogP contribution in [0.1, 0.15) is 31.9 Å². The third-order valence-corrected chi connectivity index (χ3v) is 1.45. The number of hydrogen-bond acceptors (Lipinski definition) is 3. The van der Waals surface area contributed by atoms with Crippen molar-refractivity contribution in [2.75, 3.05) is 12.4 Å². The minimum absolute atomic E-state index is 0.750. The molecule has 0 spiro atoms. The first kappa shape index (κ1) is 16.1. The summed E-state index contributed by atoms with van der Waals surface area (Å²) in [6.45, 7) is 9.53. The highest BCUT2D eigenvalue weighted by molar-refractivity contribution is 5.44. The molecule has 15 heavy (non-hydrogen) atoms. The maximum Gasteiger partial charge on any atom is 0.128 e. The molecule has 0 bridgehead atoms. The van der Waals surface area contributed by atoms with Crippen LogP contribution in [0.5, 0.6) is 0 Å². The maximum atomic E-state index is 8.81. The topological polar surface area (TPSA) is 42.0 Å². The van der Waals surface area contributed by atoms with Crippen molar-refractivity contribution in [2.24, 2.45) is 0 Å². The first-order valence-electron chi connectivity index (χ1n) is 5.16. The number of nitrogens with one attached hydrogen (secondary N) is 1. The van der Waals surface area contributed by atoms with Crippen LogP contribution in [0.3, 0.4) is 0 Å². The van der Waals surface area contributed by atoms with Crippen molar-refractivity contribution in [1.82, 2.24) is 4.98 Å². The summed E-state index contributed by atoms with van der Waals surface area (Å²) in [7, 11) is 1.88. The van der Waals surface area contributed by atoms with Crippen LogP contribution < -0.4 is 5.32 Å². The lowest BCUT2D eigenvalue weighted by Crippen LogP contribution is -1.94. The number of pyridine rings is 1. The zero-order valence-corrected chi connectivity index (χ0v) is 10.6. The molecular weight excluding hydrogens is 188 g/mol. The van der Waals surface area contributed by atoms with Gasteiger partial charge in [-0.2, -0.15) is 0 Å². The van der Waals surface area contributed by atoms with Gasteiger partial charge < -0.3 is 10.1 Å². The van der Waals surface area contributed by atoms with Gasteiger partial charge in [0, 0.05) is 13.2 Å². The van der Waals surface area contributed by atoms with Gasteiger partial charge in [-0.15, -0.1) is 0 Å². The van der Waals surface area contributed by atoms with Gasteiger partial charge in [-0.05, 0) is 31.9 Å². The number of carbonyl (C=O) groups excluding carboxylic acids is 1. The minimum atomic E-state index is 0.750. The number of aldehydes is 1. The van der Waals surface area contributed by atoms with Gasteiger partial charge in [0.25, 0.3) is 0 Å². The molecular formula is C12H22N2O. The largest absolute Gasteiger partial charge is 0.373 e. The molecule has 0 aromatic carbocycles. The van der Waals surface area contributed by atoms with E-state index < -0.39 is 0 Å². The Bertz CT molecular complexity index is 272. The number of hydrogen-bond donors (Lipinski definition) is 1. The fourth-order valence-corrected chi connectivity index (χ4v) is 0.977. The Kier molecular flexibility index (Phi) is 11.5. The number of aryl methyl sites for hydroxylation is 2. The van der Waals surface area contributed by atoms with E-state index >= 15 is 0 Å². The molecule has 86 valence electrons. The number of anilines is 1. The number of nitrogens with zero attached hydrogens (tertiary/aromatic N) is 1. The summed E-state index contributed by atoms with van der Waals surface area (Å²) >= 11 is 0. The van der Waals surface area contributed by atoms with E-state index in [4.69, 9.17) is 4.79 Å². The molecule has 1 heterocycles. The molecule has 1 aromatic rings. The van der Waals surface area contributed by atoms with E-state index in [-0.39, 0.29) is 0 Å². The van der Waals surface area contributed by atoms with Crippen LogP contribution in [0.25, 0.3) is 0 Å². The number of aromatic nitrogens is 1. The Morgan fingerprint density at radius 3 is 2.13 bits per heavy atom. The molecule has 0 fully saturated rings. The average Bonchev–Trinajstić information content (AvgIpc) is 2.22. The lowest BCUT2D eigenvalue weighted by atomic mass is 10.2. The van der Waals surface area contributed by atoms with Crippen LogP contribution in [0.2, 0.25) is 0 Å². The Balaban J connectivity index is 0. The van der Waals surface area contributed by atoms with Crippen LogP contribution >= 0.6 is 0 Å². The second-order valence-electron chi connectivity index (χ2n) is 2.66. The predicted molar refractivity (Wildman–Crippen MR) is 66.3 cm³/mol. The van der Waals surface area contributed by atoms with Gasteiger partial charge in [0.05, 0.1) is 0 Å². The summed E-state index contributed by atoms with van der Waals surface area (Å²) in [5.74, 6) is 0.964. The highest BCUT2D eigenvalue weighted by atomic mass is 16.1. The molecule has 1 rings (SSSR count). The highest BCUT2D eigenvalue weighted by Gasteiger charge is 1.94. The first-order valence-corrected chi connectivity index (χ1v) is 5.16. The molecule has 3 heteroatoms. The summed E-state index contributed by atoms with van der Waals surface area (Å²) in [4.78, 5) is 13.0. The van der Waals surface area contributed by atoms with E-state index in [0.29, 0.717) is 0 Å². The third-order valence-electron chi connectivity index (χ3n) is 1.45. The second-order valence-corrected chi connectivity index (χ2v) is 2.66. The van der Waals surface area contributed by atoms with Crippen molar-refractivity contribution < 1.29 is 4.79 Å². The Hall–Kier alpha value is -1.38. The lowest BCUT2D eigenvalue weighted by Gasteiger charge is -2.02. The highest BCUT2D eigenvalue weighted by Crippen LogP contribution is 2.10. The van der Waals surface area contributed by atoms with Crippen molar-refractivity contribution in [3.05, 3.63) is 23.4 Å². The summed E-state index contributed by atoms with van der Waals surface area (Å²) in [6.07, 6.45) is 2.61. The van der Waals surface area contributed by atoms with Gasteiger partial charge in [0.1, 0.15) is 12.1 Å². The van der Waals surface area contributed by atoms with Crippen molar-refractivity contribution in [1.29, 1.82) is 0 Å². The molecule has 3 nitrogen and oxygen atoms in total. The standard InChI is InChI=1S/C8H12N2.C2H4O.C2H6/c1-6-4-7(2)8(9-3)10-5-6;1-2-3;1-2/h4-5H,1-3H3,(H,9,10);2H,1H3;1-2H3. The summed E-state index contributed by atoms with van der Waals surface area (Å²) in [5.41, 5.74) is 2.40. The van der Waals surface area contributed by atoms with Gasteiger partial charge in [0.2, 0.25) is 0 Å². The van der Waals surface area contributed by atoms with Gasteiger partial charge in [-0.1, -0.05) is 19.9 Å². The third kappa shape index (κ3) is 7.67. The maximum absolute atomic E-state index is 8.81. The molecule has 0 aliphatic heterocycles. The van der Waals surface area contributed by atoms with Gasteiger partial charge >= 0.3 is 0 Å². The average molecular weight is 210 g/mol. The monoisotopic (exact) mass is 210 g/mol. The van der Waals surface area contributed by atoms with Crippen LogP contribution in [-0.4, -0.2) is 18.3 Å². The van der Waals surface area contributed by atoms with Crippen molar-refractivity contribution in [3.63, 3.8) is 0 Å². The van der Waals surface area contributed by atoms with Gasteiger partial charge in [-0.25, -0.2) is 4.98 Å². The fourth-order valence-electron chi connectivity index (χ4n) is 0.977. The van der Waals surface area contributed by atoms with Crippen LogP contribution in [0, 0.1) is 13.8 Å². The van der Waals surface area contributed by atoms with Crippen LogP contribution in [0.15, 0.2) is 12.3 Å². The molecule has 0 aliphatic rings. The van der Waals surface area contributed by atoms with Crippen molar-refractivity contribution >= 4 is 12.1 Å². The molecule has 0 atom stereocenters. The Morgan fingerprint density at radius 2 is 1.80 bits per heavy atom. The zero-order chi connectivity index (χ0) is 12.3. The normalized spacial score (nSPS) is 7.60. The number of carbonyl (C=O) groups is 1. The van der Waals surface area contributed by atoms with Crippen molar-refractivity contribution in [2.45, 2.75) is 34.6 Å². The molecule has 0 unspecified atom stereocenters. The molecule has 0 radical (unpaired) electrons. The molecule has 1 N–H and O–H groups in total. The predicted octanol–water partition coefficient (Wildman–Crippen LogP) is 2.97. The molecule has 1 aromatic heterocycles. The second kappa shape index (κ2) is 10.7. The van der Waals surface area contributed by atoms with E-state index in [1.165, 1.54) is 18.1 Å². The van der Waals surface area contributed by atoms with Crippen LogP contribution in [-0.2, 0) is 4.79 Å². The zero-order valence-electron chi connectivity index (χ0n) is 10.6. The van der Waals surface area contributed by atoms with E-state index in [1.807, 2.05) is 40.9 Å². The van der Waals surface area contributed by atoms with E-state index in [0.717, 1.165) is 12.1 Å². The number of rotatable bonds is 1. The minimum Gasteiger partial charge on any atom is -0.373 e. The molecule has 0 saturated heterocycles. The Morgan fingerprint density at radius 1 is 1.33 bits per heavy atom. The SMILES string of the molecule is CC.CC=O.CNc1ncc(C)cc1C. The Labute approximate surface area is 92.9 Å². The van der Waals surface area contributed by atoms with E-state index in [2.05, 4.69) is 16.4 Å². The van der Waals surface area contributed by atoms with E-state index in [9.17, 15) is 0 Å². The smallest absolute Gasteiger partial charge is 0.128 e. The summed E-state index contributed by atoms with van der Waals surface area (Å²) < 4.78 is 0. The van der Waals surface area contributed by atoms with Crippen LogP contribution in [0.4, 0.5) is 5.82 Å². The lowest BCUT2D eigenvalue weighted by molar-refractivity contribution is -0.106. The molecule has 0 aliphatic carbocycles. The molecule has 0 saturated carbocycles. The quantitative estimate of drug-likeness (QED) is 0.725. The van der Waals surface area contributed by atoms with E-state index in [1.54, 1.807) is 0 Å². The van der Waals surface area contributed by atoms with Gasteiger partial charge in [0.15, 0.2) is 0 Å². The van der Waals surface area contributed by atoms with Gasteiger partial charge in [-0.3, -0.25) is 0 Å². The summed E-state index contributed by atoms with van der Waals surface area (Å²) in [6, 6.07) is 2.11. The summed E-state index contributed by atoms with van der Waals surface area (Å²) in [5, 5.41) is 3.01. The molecule has 0 amide bonds.